The van der Waals surface area contributed by atoms with E-state index < -0.39 is 123 Å². The van der Waals surface area contributed by atoms with Gasteiger partial charge in [0, 0.05) is 5.92 Å². The van der Waals surface area contributed by atoms with Gasteiger partial charge in [-0.3, -0.25) is 0 Å². The van der Waals surface area contributed by atoms with Gasteiger partial charge in [0.25, 0.3) is 0 Å². The molecule has 0 radical (unpaired) electrons. The molecule has 11 N–H and O–H groups in total. The van der Waals surface area contributed by atoms with Crippen LogP contribution in [0.25, 0.3) is 0 Å². The van der Waals surface area contributed by atoms with E-state index in [0.29, 0.717) is 19.3 Å². The van der Waals surface area contributed by atoms with Gasteiger partial charge in [0.1, 0.15) is 48.8 Å². The molecule has 3 saturated heterocycles. The topological polar surface area (TPSA) is 269 Å². The van der Waals surface area contributed by atoms with Crippen LogP contribution in [-0.2, 0) is 23.7 Å². The summed E-state index contributed by atoms with van der Waals surface area (Å²) >= 11 is 0. The average molecular weight is 627 g/mol. The Morgan fingerprint density at radius 3 is 1.91 bits per heavy atom. The average Bonchev–Trinajstić information content (AvgIpc) is 2.97. The molecule has 43 heavy (non-hydrogen) atoms. The molecule has 250 valence electrons. The van der Waals surface area contributed by atoms with Gasteiger partial charge in [0.15, 0.2) is 12.6 Å². The fourth-order valence-electron chi connectivity index (χ4n) is 7.14. The molecular weight excluding hydrogens is 580 g/mol. The van der Waals surface area contributed by atoms with Crippen molar-refractivity contribution in [2.45, 2.75) is 143 Å². The third-order valence-corrected chi connectivity index (χ3v) is 9.73. The predicted molar refractivity (Wildman–Crippen MR) is 139 cm³/mol. The minimum atomic E-state index is -1.75. The van der Waals surface area contributed by atoms with Crippen LogP contribution in [0, 0.1) is 11.8 Å². The van der Waals surface area contributed by atoms with Gasteiger partial charge in [-0.1, -0.05) is 0 Å². The molecule has 3 heterocycles. The third kappa shape index (κ3) is 7.05. The summed E-state index contributed by atoms with van der Waals surface area (Å²) in [6.07, 6.45) is -19.5. The van der Waals surface area contributed by atoms with E-state index in [1.54, 1.807) is 0 Å². The van der Waals surface area contributed by atoms with Crippen LogP contribution in [0.1, 0.15) is 38.5 Å². The van der Waals surface area contributed by atoms with Gasteiger partial charge in [0.2, 0.25) is 0 Å². The molecule has 5 fully saturated rings. The largest absolute Gasteiger partial charge is 0.394 e. The molecule has 0 amide bonds. The van der Waals surface area contributed by atoms with Crippen LogP contribution in [0.4, 0.5) is 0 Å². The van der Waals surface area contributed by atoms with E-state index in [1.807, 2.05) is 0 Å². The maximum absolute atomic E-state index is 10.8. The number of fused-ring (bicyclic) bond motifs is 1. The summed E-state index contributed by atoms with van der Waals surface area (Å²) in [7, 11) is 0. The van der Waals surface area contributed by atoms with Crippen molar-refractivity contribution in [3.05, 3.63) is 0 Å². The summed E-state index contributed by atoms with van der Waals surface area (Å²) in [6.45, 7) is -1.20. The second-order valence-electron chi connectivity index (χ2n) is 12.7. The van der Waals surface area contributed by atoms with Crippen molar-refractivity contribution in [3.8, 4) is 0 Å². The Labute approximate surface area is 248 Å². The molecule has 0 aromatic rings. The van der Waals surface area contributed by atoms with Gasteiger partial charge in [-0.2, -0.15) is 0 Å². The molecule has 5 aliphatic rings. The molecule has 3 aliphatic heterocycles. The van der Waals surface area contributed by atoms with E-state index in [-0.39, 0.29) is 25.2 Å². The van der Waals surface area contributed by atoms with E-state index in [0.717, 1.165) is 0 Å². The number of ether oxygens (including phenoxy) is 5. The smallest absolute Gasteiger partial charge is 0.187 e. The molecule has 16 heteroatoms. The van der Waals surface area contributed by atoms with Gasteiger partial charge in [-0.05, 0) is 44.4 Å². The van der Waals surface area contributed by atoms with Crippen LogP contribution in [0.2, 0.25) is 0 Å². The zero-order valence-corrected chi connectivity index (χ0v) is 23.6. The Bertz CT molecular complexity index is 897. The molecule has 0 aromatic carbocycles. The second kappa shape index (κ2) is 14.0. The van der Waals surface area contributed by atoms with Crippen molar-refractivity contribution < 1.29 is 79.9 Å². The van der Waals surface area contributed by atoms with Gasteiger partial charge in [-0.15, -0.1) is 0 Å². The highest BCUT2D eigenvalue weighted by Gasteiger charge is 2.52. The van der Waals surface area contributed by atoms with Crippen molar-refractivity contribution in [1.82, 2.24) is 0 Å². The monoisotopic (exact) mass is 626 g/mol. The molecular formula is C27H46O16. The molecule has 2 saturated carbocycles. The fraction of sp³-hybridized carbons (Fsp3) is 1.00. The Balaban J connectivity index is 1.29. The summed E-state index contributed by atoms with van der Waals surface area (Å²) in [5.41, 5.74) is 0. The summed E-state index contributed by atoms with van der Waals surface area (Å²) in [5.74, 6) is -0.688. The van der Waals surface area contributed by atoms with Crippen LogP contribution in [0.3, 0.4) is 0 Å². The summed E-state index contributed by atoms with van der Waals surface area (Å²) in [5, 5.41) is 113. The normalized spacial score (nSPS) is 54.6. The van der Waals surface area contributed by atoms with E-state index >= 15 is 0 Å². The Morgan fingerprint density at radius 1 is 0.581 bits per heavy atom. The number of hydrogen-bond donors (Lipinski definition) is 11. The maximum Gasteiger partial charge on any atom is 0.187 e. The first-order valence-corrected chi connectivity index (χ1v) is 15.0. The molecule has 9 unspecified atom stereocenters. The number of aliphatic hydroxyl groups is 11. The molecule has 16 nitrogen and oxygen atoms in total. The maximum atomic E-state index is 10.8. The minimum Gasteiger partial charge on any atom is -0.394 e. The van der Waals surface area contributed by atoms with E-state index in [4.69, 9.17) is 23.7 Å². The van der Waals surface area contributed by atoms with E-state index in [1.165, 1.54) is 0 Å². The highest BCUT2D eigenvalue weighted by molar-refractivity contribution is 4.99. The lowest BCUT2D eigenvalue weighted by atomic mass is 9.72. The summed E-state index contributed by atoms with van der Waals surface area (Å²) in [4.78, 5) is 0. The van der Waals surface area contributed by atoms with Crippen molar-refractivity contribution in [2.24, 2.45) is 11.8 Å². The highest BCUT2D eigenvalue weighted by Crippen LogP contribution is 2.43. The van der Waals surface area contributed by atoms with Crippen LogP contribution >= 0.6 is 0 Å². The zero-order valence-electron chi connectivity index (χ0n) is 23.6. The van der Waals surface area contributed by atoms with E-state index in [2.05, 4.69) is 0 Å². The first-order valence-electron chi connectivity index (χ1n) is 15.0. The lowest BCUT2D eigenvalue weighted by Gasteiger charge is -2.51. The fourth-order valence-corrected chi connectivity index (χ4v) is 7.14. The second-order valence-corrected chi connectivity index (χ2v) is 12.7. The van der Waals surface area contributed by atoms with Crippen molar-refractivity contribution in [3.63, 3.8) is 0 Å². The van der Waals surface area contributed by atoms with E-state index in [9.17, 15) is 56.2 Å². The van der Waals surface area contributed by atoms with Crippen LogP contribution < -0.4 is 0 Å². The minimum absolute atomic E-state index is 0.154. The lowest BCUT2D eigenvalue weighted by molar-refractivity contribution is -0.347. The standard InChI is InChI=1S/C27H46O16/c28-7-17-19(33)21(35)23(37)26(42-17)39-8-18-20(34)22(36)24(38)27(43-18)41-16-6-11-13(31)4-10(29)5-15(11)40-25(16)9-1-2-12(30)14(32)3-9/h9-38H,1-8H2/t9?,10?,11?,12?,13?,14?,15?,16?,17-,18-,19-,20-,21+,22+,23-,24-,25?,26+,27+/m1/s1. The molecule has 0 bridgehead atoms. The Kier molecular flexibility index (Phi) is 11.0. The number of rotatable bonds is 7. The SMILES string of the molecule is OC[C@H]1O[C@H](OC[C@H]2O[C@H](OC3CC4C(O)CC(O)CC4OC3C3CCC(O)C(O)C3)[C@H](O)[C@@H](O)[C@@H]2O)[C@H](O)[C@@H](O)[C@@H]1O. The van der Waals surface area contributed by atoms with Crippen molar-refractivity contribution in [1.29, 1.82) is 0 Å². The van der Waals surface area contributed by atoms with Crippen molar-refractivity contribution in [2.75, 3.05) is 13.2 Å². The van der Waals surface area contributed by atoms with Crippen molar-refractivity contribution >= 4 is 0 Å². The number of aliphatic hydroxyl groups excluding tert-OH is 11. The molecule has 2 aliphatic carbocycles. The highest BCUT2D eigenvalue weighted by atomic mass is 16.7. The third-order valence-electron chi connectivity index (χ3n) is 9.73. The first-order chi connectivity index (χ1) is 20.4. The molecule has 0 spiro atoms. The number of hydrogen-bond acceptors (Lipinski definition) is 16. The first kappa shape index (κ1) is 33.7. The zero-order chi connectivity index (χ0) is 31.2. The van der Waals surface area contributed by atoms with Crippen LogP contribution in [-0.4, -0.2) is 174 Å². The van der Waals surface area contributed by atoms with Gasteiger partial charge >= 0.3 is 0 Å². The predicted octanol–water partition coefficient (Wildman–Crippen LogP) is -5.19. The van der Waals surface area contributed by atoms with Gasteiger partial charge in [-0.25, -0.2) is 0 Å². The molecule has 19 atom stereocenters. The molecule has 5 rings (SSSR count). The van der Waals surface area contributed by atoms with Crippen LogP contribution in [0.5, 0.6) is 0 Å². The summed E-state index contributed by atoms with van der Waals surface area (Å²) < 4.78 is 29.2. The summed E-state index contributed by atoms with van der Waals surface area (Å²) in [6, 6.07) is 0. The van der Waals surface area contributed by atoms with Crippen LogP contribution in [0.15, 0.2) is 0 Å². The lowest BCUT2D eigenvalue weighted by Crippen LogP contribution is -2.63. The Morgan fingerprint density at radius 2 is 1.23 bits per heavy atom. The molecule has 0 aromatic heterocycles. The van der Waals surface area contributed by atoms with Gasteiger partial charge in [0.05, 0.1) is 55.9 Å². The van der Waals surface area contributed by atoms with Gasteiger partial charge < -0.3 is 79.9 Å². The quantitative estimate of drug-likeness (QED) is 0.126. The Hall–Kier alpha value is -0.640.